The van der Waals surface area contributed by atoms with E-state index in [2.05, 4.69) is 41.4 Å². The van der Waals surface area contributed by atoms with Crippen LogP contribution >= 0.6 is 0 Å². The van der Waals surface area contributed by atoms with Gasteiger partial charge in [-0.05, 0) is 16.8 Å². The first-order valence-corrected chi connectivity index (χ1v) is 4.01. The molecule has 3 rings (SSSR count). The number of benzene rings is 2. The van der Waals surface area contributed by atoms with Crippen molar-refractivity contribution in [3.63, 3.8) is 0 Å². The molecule has 0 aromatic heterocycles. The smallest absolute Gasteiger partial charge is 0.0724 e. The van der Waals surface area contributed by atoms with Gasteiger partial charge in [0, 0.05) is 11.8 Å². The Morgan fingerprint density at radius 3 is 2.67 bits per heavy atom. The molecule has 0 amide bonds. The monoisotopic (exact) mass is 153 g/mol. The standard InChI is InChI=1S/C11H7N/c1-2-4-9-8(3-1)5-6-11-10(9)7-12-11/h1-7H. The molecule has 0 bridgehead atoms. The minimum absolute atomic E-state index is 1.12. The zero-order chi connectivity index (χ0) is 7.97. The van der Waals surface area contributed by atoms with Gasteiger partial charge in [0.15, 0.2) is 0 Å². The molecule has 56 valence electrons. The Bertz CT molecular complexity index is 483. The third kappa shape index (κ3) is 0.607. The lowest BCUT2D eigenvalue weighted by atomic mass is 10.0. The lowest BCUT2D eigenvalue weighted by Gasteiger charge is -2.11. The topological polar surface area (TPSA) is 12.4 Å². The maximum atomic E-state index is 4.16. The van der Waals surface area contributed by atoms with E-state index in [1.54, 1.807) is 0 Å². The molecule has 1 heterocycles. The van der Waals surface area contributed by atoms with Gasteiger partial charge < -0.3 is 0 Å². The molecule has 2 aromatic rings. The SMILES string of the molecule is C1=Nc2ccc3ccccc3c21. The van der Waals surface area contributed by atoms with Crippen molar-refractivity contribution < 1.29 is 0 Å². The summed E-state index contributed by atoms with van der Waals surface area (Å²) in [6.45, 7) is 0. The fourth-order valence-corrected chi connectivity index (χ4v) is 1.60. The van der Waals surface area contributed by atoms with E-state index in [0.29, 0.717) is 0 Å². The third-order valence-electron chi connectivity index (χ3n) is 2.28. The Morgan fingerprint density at radius 1 is 0.917 bits per heavy atom. The average Bonchev–Trinajstić information content (AvgIpc) is 2.05. The number of rotatable bonds is 0. The molecular formula is C11H7N. The van der Waals surface area contributed by atoms with Crippen LogP contribution in [-0.4, -0.2) is 6.21 Å². The van der Waals surface area contributed by atoms with Crippen molar-refractivity contribution in [3.8, 4) is 0 Å². The lowest BCUT2D eigenvalue weighted by Crippen LogP contribution is -1.93. The molecule has 1 aliphatic heterocycles. The minimum atomic E-state index is 1.12. The predicted octanol–water partition coefficient (Wildman–Crippen LogP) is 2.90. The Kier molecular flexibility index (Phi) is 0.965. The molecule has 0 unspecified atom stereocenters. The fourth-order valence-electron chi connectivity index (χ4n) is 1.60. The molecule has 1 nitrogen and oxygen atoms in total. The average molecular weight is 153 g/mol. The van der Waals surface area contributed by atoms with Gasteiger partial charge in [-0.1, -0.05) is 30.3 Å². The first-order valence-electron chi connectivity index (χ1n) is 4.01. The second kappa shape index (κ2) is 1.95. The molecule has 2 aromatic carbocycles. The highest BCUT2D eigenvalue weighted by Crippen LogP contribution is 2.31. The van der Waals surface area contributed by atoms with Crippen molar-refractivity contribution in [2.45, 2.75) is 0 Å². The number of nitrogens with zero attached hydrogens (tertiary/aromatic N) is 1. The molecule has 0 fully saturated rings. The van der Waals surface area contributed by atoms with Crippen molar-refractivity contribution in [1.82, 2.24) is 0 Å². The second-order valence-corrected chi connectivity index (χ2v) is 2.98. The molecular weight excluding hydrogens is 146 g/mol. The van der Waals surface area contributed by atoms with Crippen LogP contribution in [0.1, 0.15) is 5.56 Å². The molecule has 1 aliphatic rings. The molecule has 0 spiro atoms. The molecule has 0 saturated carbocycles. The first-order chi connectivity index (χ1) is 5.95. The van der Waals surface area contributed by atoms with Crippen molar-refractivity contribution in [2.24, 2.45) is 4.99 Å². The molecule has 0 N–H and O–H groups in total. The van der Waals surface area contributed by atoms with Gasteiger partial charge in [0.25, 0.3) is 0 Å². The van der Waals surface area contributed by atoms with Crippen LogP contribution in [0.4, 0.5) is 5.69 Å². The molecule has 12 heavy (non-hydrogen) atoms. The van der Waals surface area contributed by atoms with Gasteiger partial charge in [-0.2, -0.15) is 0 Å². The predicted molar refractivity (Wildman–Crippen MR) is 51.2 cm³/mol. The maximum Gasteiger partial charge on any atom is 0.0724 e. The summed E-state index contributed by atoms with van der Waals surface area (Å²) in [6, 6.07) is 12.6. The second-order valence-electron chi connectivity index (χ2n) is 2.98. The molecule has 0 atom stereocenters. The highest BCUT2D eigenvalue weighted by atomic mass is 14.8. The van der Waals surface area contributed by atoms with E-state index in [0.717, 1.165) is 5.69 Å². The highest BCUT2D eigenvalue weighted by molar-refractivity contribution is 6.10. The summed E-state index contributed by atoms with van der Waals surface area (Å²) in [6.07, 6.45) is 1.93. The van der Waals surface area contributed by atoms with Crippen LogP contribution in [-0.2, 0) is 0 Å². The quantitative estimate of drug-likeness (QED) is 0.471. The van der Waals surface area contributed by atoms with E-state index < -0.39 is 0 Å². The van der Waals surface area contributed by atoms with Crippen LogP contribution in [0.5, 0.6) is 0 Å². The Labute approximate surface area is 70.4 Å². The van der Waals surface area contributed by atoms with Crippen LogP contribution in [0.25, 0.3) is 10.8 Å². The van der Waals surface area contributed by atoms with Gasteiger partial charge in [0.1, 0.15) is 0 Å². The number of hydrogen-bond acceptors (Lipinski definition) is 1. The highest BCUT2D eigenvalue weighted by Gasteiger charge is 2.09. The van der Waals surface area contributed by atoms with Crippen LogP contribution in [0, 0.1) is 0 Å². The summed E-state index contributed by atoms with van der Waals surface area (Å²) in [7, 11) is 0. The maximum absolute atomic E-state index is 4.16. The number of aliphatic imine (C=N–C) groups is 1. The van der Waals surface area contributed by atoms with Gasteiger partial charge in [-0.15, -0.1) is 0 Å². The van der Waals surface area contributed by atoms with E-state index in [1.165, 1.54) is 16.3 Å². The Balaban J connectivity index is 2.53. The summed E-state index contributed by atoms with van der Waals surface area (Å²) < 4.78 is 0. The number of fused-ring (bicyclic) bond motifs is 3. The zero-order valence-electron chi connectivity index (χ0n) is 6.49. The van der Waals surface area contributed by atoms with Crippen LogP contribution in [0.2, 0.25) is 0 Å². The largest absolute Gasteiger partial charge is 0.255 e. The van der Waals surface area contributed by atoms with Gasteiger partial charge in [-0.25, -0.2) is 0 Å². The normalized spacial score (nSPS) is 12.7. The summed E-state index contributed by atoms with van der Waals surface area (Å²) in [4.78, 5) is 4.16. The number of hydrogen-bond donors (Lipinski definition) is 0. The van der Waals surface area contributed by atoms with Crippen molar-refractivity contribution in [1.29, 1.82) is 0 Å². The zero-order valence-corrected chi connectivity index (χ0v) is 6.49. The third-order valence-corrected chi connectivity index (χ3v) is 2.28. The summed E-state index contributed by atoms with van der Waals surface area (Å²) in [5.74, 6) is 0. The summed E-state index contributed by atoms with van der Waals surface area (Å²) >= 11 is 0. The van der Waals surface area contributed by atoms with Gasteiger partial charge in [-0.3, -0.25) is 4.99 Å². The van der Waals surface area contributed by atoms with E-state index >= 15 is 0 Å². The van der Waals surface area contributed by atoms with Gasteiger partial charge in [0.2, 0.25) is 0 Å². The summed E-state index contributed by atoms with van der Waals surface area (Å²) in [5.41, 5.74) is 2.40. The fraction of sp³-hybridized carbons (Fsp3) is 0. The van der Waals surface area contributed by atoms with Gasteiger partial charge >= 0.3 is 0 Å². The molecule has 0 saturated heterocycles. The van der Waals surface area contributed by atoms with Crippen molar-refractivity contribution in [2.75, 3.05) is 0 Å². The van der Waals surface area contributed by atoms with E-state index in [-0.39, 0.29) is 0 Å². The molecule has 0 aliphatic carbocycles. The molecule has 0 radical (unpaired) electrons. The molecule has 1 heteroatoms. The first kappa shape index (κ1) is 5.95. The van der Waals surface area contributed by atoms with Crippen LogP contribution in [0.15, 0.2) is 41.4 Å². The van der Waals surface area contributed by atoms with E-state index in [4.69, 9.17) is 0 Å². The Hall–Kier alpha value is -1.63. The van der Waals surface area contributed by atoms with E-state index in [1.807, 2.05) is 6.21 Å². The summed E-state index contributed by atoms with van der Waals surface area (Å²) in [5, 5.41) is 2.60. The van der Waals surface area contributed by atoms with E-state index in [9.17, 15) is 0 Å². The van der Waals surface area contributed by atoms with Crippen molar-refractivity contribution in [3.05, 3.63) is 42.0 Å². The van der Waals surface area contributed by atoms with Crippen molar-refractivity contribution >= 4 is 22.7 Å². The van der Waals surface area contributed by atoms with Crippen LogP contribution in [0.3, 0.4) is 0 Å². The lowest BCUT2D eigenvalue weighted by molar-refractivity contribution is 1.48. The minimum Gasteiger partial charge on any atom is -0.255 e. The van der Waals surface area contributed by atoms with Gasteiger partial charge in [0.05, 0.1) is 5.69 Å². The van der Waals surface area contributed by atoms with Crippen LogP contribution < -0.4 is 0 Å². The Morgan fingerprint density at radius 2 is 1.83 bits per heavy atom.